The number of nitrogens with two attached hydrogens (primary N) is 1. The molecule has 0 radical (unpaired) electrons. The highest BCUT2D eigenvalue weighted by Crippen LogP contribution is 2.36. The van der Waals surface area contributed by atoms with Gasteiger partial charge in [-0.15, -0.1) is 0 Å². The number of thiocarbonyl (C=S) groups is 1. The van der Waals surface area contributed by atoms with Crippen molar-refractivity contribution < 1.29 is 4.74 Å². The second kappa shape index (κ2) is 3.24. The summed E-state index contributed by atoms with van der Waals surface area (Å²) in [5.41, 5.74) is 6.48. The monoisotopic (exact) mass is 207 g/mol. The van der Waals surface area contributed by atoms with E-state index in [1.54, 1.807) is 0 Å². The van der Waals surface area contributed by atoms with Crippen molar-refractivity contribution in [3.8, 4) is 5.75 Å². The van der Waals surface area contributed by atoms with Gasteiger partial charge in [0, 0.05) is 6.42 Å². The summed E-state index contributed by atoms with van der Waals surface area (Å²) in [6, 6.07) is 7.99. The Morgan fingerprint density at radius 2 is 2.29 bits per heavy atom. The lowest BCUT2D eigenvalue weighted by Gasteiger charge is -2.25. The Bertz CT molecular complexity index is 350. The molecule has 0 spiro atoms. The fourth-order valence-corrected chi connectivity index (χ4v) is 2.07. The van der Waals surface area contributed by atoms with Gasteiger partial charge in [-0.1, -0.05) is 37.3 Å². The van der Waals surface area contributed by atoms with Gasteiger partial charge in [-0.2, -0.15) is 0 Å². The molecule has 0 saturated heterocycles. The lowest BCUT2D eigenvalue weighted by atomic mass is 9.94. The van der Waals surface area contributed by atoms with E-state index in [1.165, 1.54) is 5.56 Å². The molecule has 0 aliphatic carbocycles. The van der Waals surface area contributed by atoms with Gasteiger partial charge in [0.2, 0.25) is 0 Å². The largest absolute Gasteiger partial charge is 0.480 e. The summed E-state index contributed by atoms with van der Waals surface area (Å²) in [6.45, 7) is 2.05. The average Bonchev–Trinajstić information content (AvgIpc) is 2.57. The normalized spacial score (nSPS) is 24.1. The SMILES string of the molecule is CCC1(C(N)=S)Cc2ccccc2O1. The predicted octanol–water partition coefficient (Wildman–Crippen LogP) is 2.06. The molecule has 1 aliphatic heterocycles. The quantitative estimate of drug-likeness (QED) is 0.754. The third-order valence-corrected chi connectivity index (χ3v) is 3.15. The van der Waals surface area contributed by atoms with E-state index < -0.39 is 5.60 Å². The van der Waals surface area contributed by atoms with Gasteiger partial charge in [-0.05, 0) is 18.1 Å². The number of rotatable bonds is 2. The minimum Gasteiger partial charge on any atom is -0.480 e. The first-order valence-electron chi connectivity index (χ1n) is 4.75. The van der Waals surface area contributed by atoms with Crippen molar-refractivity contribution in [3.63, 3.8) is 0 Å². The van der Waals surface area contributed by atoms with E-state index >= 15 is 0 Å². The average molecular weight is 207 g/mol. The van der Waals surface area contributed by atoms with Crippen molar-refractivity contribution in [3.05, 3.63) is 29.8 Å². The van der Waals surface area contributed by atoms with E-state index in [-0.39, 0.29) is 0 Å². The maximum atomic E-state index is 5.84. The number of para-hydroxylation sites is 1. The van der Waals surface area contributed by atoms with Crippen molar-refractivity contribution in [2.24, 2.45) is 5.73 Å². The van der Waals surface area contributed by atoms with Crippen molar-refractivity contribution in [2.75, 3.05) is 0 Å². The summed E-state index contributed by atoms with van der Waals surface area (Å²) in [6.07, 6.45) is 1.62. The van der Waals surface area contributed by atoms with Crippen LogP contribution in [-0.2, 0) is 6.42 Å². The molecule has 1 unspecified atom stereocenters. The van der Waals surface area contributed by atoms with Gasteiger partial charge in [0.25, 0.3) is 0 Å². The van der Waals surface area contributed by atoms with Crippen LogP contribution in [0.3, 0.4) is 0 Å². The van der Waals surface area contributed by atoms with Gasteiger partial charge >= 0.3 is 0 Å². The Morgan fingerprint density at radius 1 is 1.57 bits per heavy atom. The van der Waals surface area contributed by atoms with Crippen LogP contribution in [0.2, 0.25) is 0 Å². The Labute approximate surface area is 89.1 Å². The van der Waals surface area contributed by atoms with Crippen LogP contribution in [0.1, 0.15) is 18.9 Å². The molecule has 1 heterocycles. The third kappa shape index (κ3) is 1.28. The highest BCUT2D eigenvalue weighted by Gasteiger charge is 2.40. The summed E-state index contributed by atoms with van der Waals surface area (Å²) in [5, 5.41) is 0. The molecule has 2 nitrogen and oxygen atoms in total. The fourth-order valence-electron chi connectivity index (χ4n) is 1.81. The molecule has 2 rings (SSSR count). The molecular formula is C11H13NOS. The van der Waals surface area contributed by atoms with Crippen LogP contribution >= 0.6 is 12.2 Å². The van der Waals surface area contributed by atoms with Crippen molar-refractivity contribution >= 4 is 17.2 Å². The second-order valence-electron chi connectivity index (χ2n) is 3.60. The van der Waals surface area contributed by atoms with Gasteiger partial charge < -0.3 is 10.5 Å². The molecule has 0 amide bonds. The molecule has 1 atom stereocenters. The third-order valence-electron chi connectivity index (χ3n) is 2.77. The smallest absolute Gasteiger partial charge is 0.162 e. The molecule has 1 aliphatic rings. The van der Waals surface area contributed by atoms with Crippen LogP contribution in [0.5, 0.6) is 5.75 Å². The van der Waals surface area contributed by atoms with Gasteiger partial charge in [-0.25, -0.2) is 0 Å². The minimum atomic E-state index is -0.445. The zero-order valence-corrected chi connectivity index (χ0v) is 8.93. The summed E-state index contributed by atoms with van der Waals surface area (Å²) in [7, 11) is 0. The van der Waals surface area contributed by atoms with E-state index in [2.05, 4.69) is 6.07 Å². The lowest BCUT2D eigenvalue weighted by Crippen LogP contribution is -2.46. The van der Waals surface area contributed by atoms with Gasteiger partial charge in [-0.3, -0.25) is 0 Å². The summed E-state index contributed by atoms with van der Waals surface area (Å²) in [5.74, 6) is 0.919. The maximum absolute atomic E-state index is 5.84. The summed E-state index contributed by atoms with van der Waals surface area (Å²) in [4.78, 5) is 0.455. The molecule has 1 aromatic carbocycles. The Morgan fingerprint density at radius 3 is 2.86 bits per heavy atom. The first-order chi connectivity index (χ1) is 6.68. The van der Waals surface area contributed by atoms with Crippen molar-refractivity contribution in [2.45, 2.75) is 25.4 Å². The van der Waals surface area contributed by atoms with E-state index in [0.717, 1.165) is 18.6 Å². The standard InChI is InChI=1S/C11H13NOS/c1-2-11(10(12)14)7-8-5-3-4-6-9(8)13-11/h3-6H,2,7H2,1H3,(H2,12,14). The Kier molecular flexibility index (Phi) is 2.19. The first-order valence-corrected chi connectivity index (χ1v) is 5.15. The Hall–Kier alpha value is -1.09. The van der Waals surface area contributed by atoms with E-state index in [0.29, 0.717) is 4.99 Å². The molecule has 3 heteroatoms. The number of hydrogen-bond donors (Lipinski definition) is 1. The Balaban J connectivity index is 2.37. The topological polar surface area (TPSA) is 35.2 Å². The first kappa shape index (κ1) is 9.46. The van der Waals surface area contributed by atoms with Gasteiger partial charge in [0.1, 0.15) is 10.7 Å². The van der Waals surface area contributed by atoms with E-state index in [1.807, 2.05) is 25.1 Å². The highest BCUT2D eigenvalue weighted by atomic mass is 32.1. The molecule has 1 aromatic rings. The van der Waals surface area contributed by atoms with E-state index in [4.69, 9.17) is 22.7 Å². The van der Waals surface area contributed by atoms with Crippen LogP contribution in [0.25, 0.3) is 0 Å². The highest BCUT2D eigenvalue weighted by molar-refractivity contribution is 7.80. The molecule has 0 saturated carbocycles. The summed E-state index contributed by atoms with van der Waals surface area (Å²) >= 11 is 5.07. The van der Waals surface area contributed by atoms with E-state index in [9.17, 15) is 0 Å². The number of hydrogen-bond acceptors (Lipinski definition) is 2. The van der Waals surface area contributed by atoms with Crippen LogP contribution in [0, 0.1) is 0 Å². The molecular weight excluding hydrogens is 194 g/mol. The zero-order valence-electron chi connectivity index (χ0n) is 8.12. The van der Waals surface area contributed by atoms with Crippen molar-refractivity contribution in [1.82, 2.24) is 0 Å². The predicted molar refractivity (Wildman–Crippen MR) is 60.6 cm³/mol. The van der Waals surface area contributed by atoms with Crippen LogP contribution in [0.4, 0.5) is 0 Å². The molecule has 0 fully saturated rings. The van der Waals surface area contributed by atoms with Crippen molar-refractivity contribution in [1.29, 1.82) is 0 Å². The van der Waals surface area contributed by atoms with Crippen LogP contribution in [0.15, 0.2) is 24.3 Å². The molecule has 14 heavy (non-hydrogen) atoms. The maximum Gasteiger partial charge on any atom is 0.162 e. The van der Waals surface area contributed by atoms with Crippen LogP contribution < -0.4 is 10.5 Å². The van der Waals surface area contributed by atoms with Gasteiger partial charge in [0.15, 0.2) is 5.60 Å². The van der Waals surface area contributed by atoms with Gasteiger partial charge in [0.05, 0.1) is 0 Å². The number of fused-ring (bicyclic) bond motifs is 1. The number of benzene rings is 1. The second-order valence-corrected chi connectivity index (χ2v) is 4.04. The fraction of sp³-hybridized carbons (Fsp3) is 0.364. The lowest BCUT2D eigenvalue weighted by molar-refractivity contribution is 0.166. The molecule has 0 bridgehead atoms. The minimum absolute atomic E-state index is 0.445. The number of ether oxygens (including phenoxy) is 1. The zero-order chi connectivity index (χ0) is 10.2. The molecule has 0 aromatic heterocycles. The summed E-state index contributed by atoms with van der Waals surface area (Å²) < 4.78 is 5.84. The molecule has 2 N–H and O–H groups in total. The molecule has 74 valence electrons. The van der Waals surface area contributed by atoms with Crippen LogP contribution in [-0.4, -0.2) is 10.6 Å².